The Balaban J connectivity index is 1.58. The molecule has 4 aromatic rings. The fourth-order valence-electron chi connectivity index (χ4n) is 4.50. The number of rotatable bonds is 5. The van der Waals surface area contributed by atoms with Gasteiger partial charge in [0.2, 0.25) is 5.78 Å². The molecule has 0 fully saturated rings. The number of ketones is 1. The standard InChI is InChI=1S/C28H24N2O3/c1-18-14-20(16-19-8-3-2-4-9-19)27-22(15-18)26(21-10-5-6-11-23(21)30-27)28(32)33-17-25(31)24-12-7-13-29-24/h2-13,16,18,29H,14-15,17H2,1H3. The quantitative estimate of drug-likeness (QED) is 0.321. The SMILES string of the molecule is CC1CC(=Cc2ccccc2)c2nc3ccccc3c(C(=O)OCC(=O)c3ccc[nH]3)c2C1. The Morgan fingerprint density at radius 2 is 1.82 bits per heavy atom. The number of fused-ring (bicyclic) bond motifs is 2. The lowest BCUT2D eigenvalue weighted by Crippen LogP contribution is -2.21. The fourth-order valence-corrected chi connectivity index (χ4v) is 4.50. The molecule has 0 aliphatic heterocycles. The molecule has 0 amide bonds. The van der Waals surface area contributed by atoms with Gasteiger partial charge in [0, 0.05) is 11.6 Å². The number of ether oxygens (including phenoxy) is 1. The number of Topliss-reactive ketones (excluding diaryl/α,β-unsaturated/α-hetero) is 1. The number of benzene rings is 2. The van der Waals surface area contributed by atoms with E-state index >= 15 is 0 Å². The highest BCUT2D eigenvalue weighted by atomic mass is 16.5. The van der Waals surface area contributed by atoms with E-state index in [0.29, 0.717) is 17.2 Å². The Bertz CT molecular complexity index is 1350. The van der Waals surface area contributed by atoms with Gasteiger partial charge in [-0.25, -0.2) is 9.78 Å². The van der Waals surface area contributed by atoms with Crippen molar-refractivity contribution in [3.8, 4) is 0 Å². The minimum Gasteiger partial charge on any atom is -0.454 e. The van der Waals surface area contributed by atoms with E-state index in [4.69, 9.17) is 9.72 Å². The summed E-state index contributed by atoms with van der Waals surface area (Å²) in [5, 5.41) is 0.752. The van der Waals surface area contributed by atoms with Gasteiger partial charge in [0.1, 0.15) is 0 Å². The van der Waals surface area contributed by atoms with Gasteiger partial charge < -0.3 is 9.72 Å². The molecule has 1 aliphatic carbocycles. The van der Waals surface area contributed by atoms with E-state index in [2.05, 4.69) is 30.1 Å². The molecule has 5 nitrogen and oxygen atoms in total. The molecule has 5 heteroatoms. The largest absolute Gasteiger partial charge is 0.454 e. The van der Waals surface area contributed by atoms with Gasteiger partial charge in [-0.05, 0) is 59.7 Å². The summed E-state index contributed by atoms with van der Waals surface area (Å²) in [5.74, 6) is -0.404. The summed E-state index contributed by atoms with van der Waals surface area (Å²) in [6.45, 7) is 1.87. The van der Waals surface area contributed by atoms with Crippen LogP contribution in [0.2, 0.25) is 0 Å². The van der Waals surface area contributed by atoms with Crippen molar-refractivity contribution in [2.45, 2.75) is 19.8 Å². The lowest BCUT2D eigenvalue weighted by atomic mass is 9.80. The van der Waals surface area contributed by atoms with Crippen LogP contribution in [-0.2, 0) is 11.2 Å². The van der Waals surface area contributed by atoms with Crippen LogP contribution < -0.4 is 0 Å². The van der Waals surface area contributed by atoms with E-state index in [-0.39, 0.29) is 12.4 Å². The first-order chi connectivity index (χ1) is 16.1. The van der Waals surface area contributed by atoms with Crippen LogP contribution in [0.1, 0.15) is 51.0 Å². The maximum absolute atomic E-state index is 13.3. The summed E-state index contributed by atoms with van der Waals surface area (Å²) in [5.41, 5.74) is 5.63. The predicted molar refractivity (Wildman–Crippen MR) is 129 cm³/mol. The van der Waals surface area contributed by atoms with E-state index < -0.39 is 5.97 Å². The molecule has 2 heterocycles. The van der Waals surface area contributed by atoms with Gasteiger partial charge in [0.15, 0.2) is 6.61 Å². The van der Waals surface area contributed by atoms with E-state index in [1.54, 1.807) is 18.3 Å². The van der Waals surface area contributed by atoms with Crippen LogP contribution in [0, 0.1) is 5.92 Å². The molecule has 0 radical (unpaired) electrons. The number of carbonyl (C=O) groups excluding carboxylic acids is 2. The van der Waals surface area contributed by atoms with Crippen LogP contribution in [0.15, 0.2) is 72.9 Å². The molecule has 2 aromatic carbocycles. The molecule has 2 aromatic heterocycles. The number of para-hydroxylation sites is 1. The zero-order valence-corrected chi connectivity index (χ0v) is 18.4. The highest BCUT2D eigenvalue weighted by Crippen LogP contribution is 2.38. The molecule has 164 valence electrons. The van der Waals surface area contributed by atoms with Crippen molar-refractivity contribution in [1.82, 2.24) is 9.97 Å². The Kier molecular flexibility index (Phi) is 5.61. The molecular formula is C28H24N2O3. The molecule has 33 heavy (non-hydrogen) atoms. The predicted octanol–water partition coefficient (Wildman–Crippen LogP) is 5.73. The number of allylic oxidation sites excluding steroid dienone is 1. The lowest BCUT2D eigenvalue weighted by Gasteiger charge is -2.26. The highest BCUT2D eigenvalue weighted by molar-refractivity contribution is 6.07. The Labute approximate surface area is 192 Å². The number of carbonyl (C=O) groups is 2. The van der Waals surface area contributed by atoms with Crippen LogP contribution >= 0.6 is 0 Å². The van der Waals surface area contributed by atoms with Gasteiger partial charge in [-0.15, -0.1) is 0 Å². The molecule has 0 spiro atoms. The minimum atomic E-state index is -0.488. The Hall–Kier alpha value is -3.99. The summed E-state index contributed by atoms with van der Waals surface area (Å²) in [6.07, 6.45) is 5.44. The second kappa shape index (κ2) is 8.87. The van der Waals surface area contributed by atoms with Crippen LogP contribution in [0.25, 0.3) is 22.6 Å². The average Bonchev–Trinajstić information content (AvgIpc) is 3.37. The van der Waals surface area contributed by atoms with Gasteiger partial charge in [-0.2, -0.15) is 0 Å². The third kappa shape index (κ3) is 4.22. The maximum atomic E-state index is 13.3. The normalized spacial score (nSPS) is 16.5. The van der Waals surface area contributed by atoms with Crippen LogP contribution in [0.4, 0.5) is 0 Å². The Morgan fingerprint density at radius 3 is 2.61 bits per heavy atom. The number of nitrogens with one attached hydrogen (secondary N) is 1. The first kappa shape index (κ1) is 20.9. The van der Waals surface area contributed by atoms with E-state index in [0.717, 1.165) is 46.1 Å². The number of H-pyrrole nitrogens is 1. The first-order valence-corrected chi connectivity index (χ1v) is 11.1. The lowest BCUT2D eigenvalue weighted by molar-refractivity contribution is 0.0474. The van der Waals surface area contributed by atoms with E-state index in [1.807, 2.05) is 42.5 Å². The first-order valence-electron chi connectivity index (χ1n) is 11.1. The number of esters is 1. The molecule has 1 N–H and O–H groups in total. The molecule has 1 unspecified atom stereocenters. The Morgan fingerprint density at radius 1 is 1.03 bits per heavy atom. The van der Waals surface area contributed by atoms with Crippen molar-refractivity contribution in [3.05, 3.63) is 101 Å². The second-order valence-corrected chi connectivity index (χ2v) is 8.51. The molecule has 1 aliphatic rings. The third-order valence-corrected chi connectivity index (χ3v) is 6.00. The molecule has 0 saturated heterocycles. The van der Waals surface area contributed by atoms with Crippen molar-refractivity contribution < 1.29 is 14.3 Å². The number of nitrogens with zero attached hydrogens (tertiary/aromatic N) is 1. The maximum Gasteiger partial charge on any atom is 0.339 e. The summed E-state index contributed by atoms with van der Waals surface area (Å²) < 4.78 is 5.52. The van der Waals surface area contributed by atoms with Crippen molar-refractivity contribution in [2.24, 2.45) is 5.92 Å². The van der Waals surface area contributed by atoms with Gasteiger partial charge in [0.05, 0.1) is 22.5 Å². The summed E-state index contributed by atoms with van der Waals surface area (Å²) in [4.78, 5) is 33.5. The van der Waals surface area contributed by atoms with Gasteiger partial charge in [0.25, 0.3) is 0 Å². The smallest absolute Gasteiger partial charge is 0.339 e. The minimum absolute atomic E-state index is 0.265. The van der Waals surface area contributed by atoms with Gasteiger partial charge in [-0.1, -0.05) is 55.5 Å². The van der Waals surface area contributed by atoms with Crippen molar-refractivity contribution in [3.63, 3.8) is 0 Å². The van der Waals surface area contributed by atoms with Crippen molar-refractivity contribution >= 4 is 34.3 Å². The third-order valence-electron chi connectivity index (χ3n) is 6.00. The number of aromatic nitrogens is 2. The number of hydrogen-bond acceptors (Lipinski definition) is 4. The van der Waals surface area contributed by atoms with E-state index in [9.17, 15) is 9.59 Å². The van der Waals surface area contributed by atoms with Gasteiger partial charge >= 0.3 is 5.97 Å². The monoisotopic (exact) mass is 436 g/mol. The summed E-state index contributed by atoms with van der Waals surface area (Å²) in [7, 11) is 0. The zero-order chi connectivity index (χ0) is 22.8. The second-order valence-electron chi connectivity index (χ2n) is 8.51. The zero-order valence-electron chi connectivity index (χ0n) is 18.4. The number of pyridine rings is 1. The highest BCUT2D eigenvalue weighted by Gasteiger charge is 2.29. The van der Waals surface area contributed by atoms with E-state index in [1.165, 1.54) is 0 Å². The van der Waals surface area contributed by atoms with Crippen LogP contribution in [0.3, 0.4) is 0 Å². The fraction of sp³-hybridized carbons (Fsp3) is 0.179. The molecule has 5 rings (SSSR count). The van der Waals surface area contributed by atoms with Crippen molar-refractivity contribution in [1.29, 1.82) is 0 Å². The van der Waals surface area contributed by atoms with Crippen molar-refractivity contribution in [2.75, 3.05) is 6.61 Å². The molecule has 1 atom stereocenters. The molecular weight excluding hydrogens is 412 g/mol. The average molecular weight is 437 g/mol. The van der Waals surface area contributed by atoms with Gasteiger partial charge in [-0.3, -0.25) is 4.79 Å². The topological polar surface area (TPSA) is 72.0 Å². The summed E-state index contributed by atoms with van der Waals surface area (Å²) in [6, 6.07) is 21.2. The van der Waals surface area contributed by atoms with Crippen LogP contribution in [0.5, 0.6) is 0 Å². The molecule has 0 saturated carbocycles. The summed E-state index contributed by atoms with van der Waals surface area (Å²) >= 11 is 0. The number of aromatic amines is 1. The van der Waals surface area contributed by atoms with Crippen LogP contribution in [-0.4, -0.2) is 28.3 Å². The number of hydrogen-bond donors (Lipinski definition) is 1. The molecule has 0 bridgehead atoms.